The minimum Gasteiger partial charge on any atom is -0.504 e. The molecule has 10 aromatic carbocycles. The van der Waals surface area contributed by atoms with Crippen molar-refractivity contribution < 1.29 is 87.9 Å². The van der Waals surface area contributed by atoms with Crippen LogP contribution in [0.5, 0.6) is 0 Å². The van der Waals surface area contributed by atoms with Crippen LogP contribution in [-0.4, -0.2) is 62.2 Å². The number of nitrogens with zero attached hydrogens (tertiary/aromatic N) is 22. The number of rotatable bonds is 10. The van der Waals surface area contributed by atoms with E-state index in [1.807, 2.05) is 299 Å². The average molecular weight is 2400 g/mol. The van der Waals surface area contributed by atoms with Crippen molar-refractivity contribution in [3.63, 3.8) is 0 Å². The van der Waals surface area contributed by atoms with E-state index in [1.54, 1.807) is 35.5 Å². The number of aromatic nitrogens is 4. The molecule has 0 unspecified atom stereocenters. The maximum atomic E-state index is 14.8. The summed E-state index contributed by atoms with van der Waals surface area (Å²) in [6.45, 7) is 31.0. The van der Waals surface area contributed by atoms with Gasteiger partial charge in [0.15, 0.2) is 0 Å². The molecule has 14 aromatic rings. The molecule has 0 fully saturated rings. The van der Waals surface area contributed by atoms with Crippen LogP contribution in [0.4, 0.5) is 169 Å². The largest absolute Gasteiger partial charge is 0.504 e. The van der Waals surface area contributed by atoms with Crippen molar-refractivity contribution in [3.05, 3.63) is 392 Å². The van der Waals surface area contributed by atoms with E-state index in [4.69, 9.17) is 13.1 Å². The Balaban J connectivity index is 0.000000164. The van der Waals surface area contributed by atoms with Crippen molar-refractivity contribution in [2.45, 2.75) is 29.7 Å². The van der Waals surface area contributed by atoms with Crippen molar-refractivity contribution >= 4 is 160 Å². The fourth-order valence-corrected chi connectivity index (χ4v) is 15.6. The van der Waals surface area contributed by atoms with E-state index < -0.39 is 11.6 Å². The standard InChI is InChI=1S/C33H22N5.C22H17F2N4.C21H16N7.C20H17N6.4CH4.4Os/c1-34-25-20-28(37-23-35(26-12-4-2-5-13-26)30-16-8-10-18-32(30)37)22-29(21-25)38-24-36(27-14-6-3-7-15-27)31-17-9-11-19-33(31)38;1-25-13-27(19-9-5-3-7-17(19)25)21-12-22(16(24)11-15(21)23)28-14-26(2)18-8-4-6-10-20(18)28;1-22-15-10-16(27-13-25(2)18-6-4-8-23-20(18)27)12-17(11-15)28-14-26(3)19-7-5-9-24-21(19)28;1-23-13-25(19-17(23)8-4-10-21-19)15-6-3-7-16(12-15)26-14-24(2)18-9-5-11-22-20(18)26;;;;;;;;/h2-21,23-24H;3-11,13-14H,1-2H3;4-11,13-14H,2-3H3;3-11,13-14H,1-2H3;4*1H4;;;;/q4*-3;;;;;;;;. The first kappa shape index (κ1) is 95.6. The third-order valence-electron chi connectivity index (χ3n) is 21.3. The number of hydrogen-bond acceptors (Lipinski definition) is 20. The molecule has 0 spiro atoms. The maximum absolute atomic E-state index is 14.8. The normalized spacial score (nSPS) is 13.9. The quantitative estimate of drug-likeness (QED) is 0.121. The molecule has 0 radical (unpaired) electrons. The number of fused-ring (bicyclic) bond motifs is 8. The first-order valence-electron chi connectivity index (χ1n) is 38.4. The van der Waals surface area contributed by atoms with Gasteiger partial charge in [-0.2, -0.15) is 46.1 Å². The van der Waals surface area contributed by atoms with Gasteiger partial charge in [-0.05, 0) is 164 Å². The summed E-state index contributed by atoms with van der Waals surface area (Å²) in [5, 5.41) is 0. The molecule has 22 nitrogen and oxygen atoms in total. The van der Waals surface area contributed by atoms with Crippen LogP contribution in [0.15, 0.2) is 280 Å². The zero-order chi connectivity index (χ0) is 81.8. The molecule has 0 bridgehead atoms. The predicted molar refractivity (Wildman–Crippen MR) is 502 cm³/mol. The Labute approximate surface area is 803 Å². The Bertz CT molecular complexity index is 5980. The maximum Gasteiger partial charge on any atom is 0.124 e. The van der Waals surface area contributed by atoms with Gasteiger partial charge in [0.1, 0.15) is 23.3 Å². The van der Waals surface area contributed by atoms with Crippen molar-refractivity contribution in [1.29, 1.82) is 0 Å². The predicted octanol–water partition coefficient (Wildman–Crippen LogP) is 24.5. The Morgan fingerprint density at radius 1 is 0.250 bits per heavy atom. The number of hydrogen-bond donors (Lipinski definition) is 0. The topological polar surface area (TPSA) is 112 Å². The molecule has 12 heterocycles. The molecule has 128 heavy (non-hydrogen) atoms. The minimum absolute atomic E-state index is 0. The van der Waals surface area contributed by atoms with Gasteiger partial charge >= 0.3 is 0 Å². The minimum atomic E-state index is -0.663. The summed E-state index contributed by atoms with van der Waals surface area (Å²) >= 11 is 0. The number of anilines is 26. The van der Waals surface area contributed by atoms with Crippen LogP contribution < -0.4 is 78.4 Å². The molecule has 22 rings (SSSR count). The SMILES string of the molecule is C.C.C.C.CN1[CH-]N(c2[c-]c(N3[CH-]N(C)c4ccccc43)c(F)cc2F)c2ccccc21.CN1[CH-]N(c2[c-]c(N3[CH-]N(C)c4cccnc43)ccc2)c2ncccc21.[C-]#[N+]c1cc(N2[CH-]N(C)c3cccnc32)[c-]c(N2[CH-]N(C)c3cccnc32)c1.[C-]#[N+]c1cc(N2[CH-]N(c3ccccc3)c3ccccc32)[c-]c(N2[CH-]N(c3ccccc3)c3ccccc32)c1.[Os].[Os].[Os].[Os]. The van der Waals surface area contributed by atoms with Gasteiger partial charge in [-0.3, -0.25) is 18.5 Å². The van der Waals surface area contributed by atoms with Crippen LogP contribution in [0.2, 0.25) is 0 Å². The van der Waals surface area contributed by atoms with Gasteiger partial charge in [0.25, 0.3) is 0 Å². The summed E-state index contributed by atoms with van der Waals surface area (Å²) in [7, 11) is 11.8. The van der Waals surface area contributed by atoms with E-state index >= 15 is 0 Å². The van der Waals surface area contributed by atoms with Gasteiger partial charge in [-0.1, -0.05) is 132 Å². The summed E-state index contributed by atoms with van der Waals surface area (Å²) in [6, 6.07) is 96.4. The second kappa shape index (κ2) is 40.7. The molecule has 0 saturated carbocycles. The van der Waals surface area contributed by atoms with E-state index in [0.29, 0.717) is 11.4 Å². The van der Waals surface area contributed by atoms with Gasteiger partial charge in [0.05, 0.1) is 24.5 Å². The molecule has 0 saturated heterocycles. The van der Waals surface area contributed by atoms with E-state index in [2.05, 4.69) is 167 Å². The Hall–Kier alpha value is -13.0. The first-order chi connectivity index (χ1) is 58.7. The summed E-state index contributed by atoms with van der Waals surface area (Å²) in [6.07, 6.45) is 7.15. The fourth-order valence-electron chi connectivity index (χ4n) is 15.6. The fraction of sp³-hybridized carbons (Fsp3) is 0.100. The van der Waals surface area contributed by atoms with Crippen molar-refractivity contribution in [1.82, 2.24) is 19.9 Å². The van der Waals surface area contributed by atoms with Gasteiger partial charge in [-0.25, -0.2) is 19.9 Å². The first-order valence-corrected chi connectivity index (χ1v) is 38.4. The van der Waals surface area contributed by atoms with E-state index in [0.717, 1.165) is 143 Å². The Morgan fingerprint density at radius 3 is 0.805 bits per heavy atom. The summed E-state index contributed by atoms with van der Waals surface area (Å²) in [4.78, 5) is 57.5. The molecule has 0 atom stereocenters. The van der Waals surface area contributed by atoms with Crippen LogP contribution in [0.25, 0.3) is 9.69 Å². The van der Waals surface area contributed by atoms with Crippen LogP contribution in [0.3, 0.4) is 0 Å². The van der Waals surface area contributed by atoms with Gasteiger partial charge in [0.2, 0.25) is 0 Å². The second-order valence-electron chi connectivity index (χ2n) is 28.8. The molecule has 8 aliphatic rings. The molecule has 0 amide bonds. The third-order valence-corrected chi connectivity index (χ3v) is 21.3. The van der Waals surface area contributed by atoms with Gasteiger partial charge in [-0.15, -0.1) is 108 Å². The molecule has 0 aliphatic carbocycles. The van der Waals surface area contributed by atoms with E-state index in [9.17, 15) is 8.78 Å². The molecule has 8 aliphatic heterocycles. The van der Waals surface area contributed by atoms with Gasteiger partial charge in [0, 0.05) is 195 Å². The van der Waals surface area contributed by atoms with Crippen LogP contribution in [0.1, 0.15) is 29.7 Å². The molecule has 656 valence electrons. The summed E-state index contributed by atoms with van der Waals surface area (Å²) in [5.41, 5.74) is 20.5. The molecular weight excluding hydrogens is 2310 g/mol. The monoisotopic (exact) mass is 2400 g/mol. The number of pyridine rings is 4. The number of halogens is 2. The van der Waals surface area contributed by atoms with E-state index in [-0.39, 0.29) is 120 Å². The molecule has 0 N–H and O–H groups in total. The second-order valence-corrected chi connectivity index (χ2v) is 28.8. The third kappa shape index (κ3) is 17.9. The van der Waals surface area contributed by atoms with Crippen LogP contribution in [0, 0.1) is 102 Å². The van der Waals surface area contributed by atoms with E-state index in [1.165, 1.54) is 0 Å². The number of para-hydroxylation sites is 10. The Morgan fingerprint density at radius 2 is 0.492 bits per heavy atom. The molecular formula is C100H88F2N22Os4-12. The van der Waals surface area contributed by atoms with Crippen LogP contribution >= 0.6 is 0 Å². The van der Waals surface area contributed by atoms with Crippen molar-refractivity contribution in [2.75, 3.05) is 121 Å². The van der Waals surface area contributed by atoms with Crippen molar-refractivity contribution in [2.24, 2.45) is 0 Å². The average Bonchev–Trinajstić information content (AvgIpc) is 1.60. The van der Waals surface area contributed by atoms with Gasteiger partial charge < -0.3 is 78.4 Å². The Kier molecular flexibility index (Phi) is 30.4. The molecule has 4 aromatic heterocycles. The number of benzene rings is 10. The molecule has 28 heteroatoms. The van der Waals surface area contributed by atoms with Crippen LogP contribution in [-0.2, 0) is 79.2 Å². The van der Waals surface area contributed by atoms with Crippen molar-refractivity contribution in [3.8, 4) is 0 Å². The zero-order valence-corrected chi connectivity index (χ0v) is 77.3. The zero-order valence-electron chi connectivity index (χ0n) is 67.2. The smallest absolute Gasteiger partial charge is 0.124 e. The summed E-state index contributed by atoms with van der Waals surface area (Å²) in [5.74, 6) is 2.12. The summed E-state index contributed by atoms with van der Waals surface area (Å²) < 4.78 is 29.5.